The van der Waals surface area contributed by atoms with E-state index in [0.29, 0.717) is 25.6 Å². The largest absolute Gasteiger partial charge is 0.475 e. The summed E-state index contributed by atoms with van der Waals surface area (Å²) in [5, 5.41) is 13.6. The van der Waals surface area contributed by atoms with Crippen molar-refractivity contribution in [2.75, 3.05) is 20.3 Å². The number of rotatable bonds is 7. The number of ether oxygens (including phenoxy) is 2. The molecule has 0 atom stereocenters. The van der Waals surface area contributed by atoms with Gasteiger partial charge in [0.05, 0.1) is 24.1 Å². The van der Waals surface area contributed by atoms with Crippen LogP contribution in [0.3, 0.4) is 0 Å². The highest BCUT2D eigenvalue weighted by Crippen LogP contribution is 2.36. The van der Waals surface area contributed by atoms with Crippen LogP contribution < -0.4 is 4.74 Å². The second-order valence-electron chi connectivity index (χ2n) is 7.76. The molecule has 0 saturated carbocycles. The molecule has 0 spiro atoms. The normalized spacial score (nSPS) is 12.0. The first-order chi connectivity index (χ1) is 14.0. The van der Waals surface area contributed by atoms with Crippen molar-refractivity contribution >= 4 is 21.8 Å². The Morgan fingerprint density at radius 3 is 2.59 bits per heavy atom. The van der Waals surface area contributed by atoms with E-state index < -0.39 is 5.60 Å². The van der Waals surface area contributed by atoms with Gasteiger partial charge in [0.2, 0.25) is 5.88 Å². The summed E-state index contributed by atoms with van der Waals surface area (Å²) in [5.74, 6) is 0.518. The molecular weight excluding hydrogens is 366 g/mol. The maximum Gasteiger partial charge on any atom is 0.226 e. The summed E-state index contributed by atoms with van der Waals surface area (Å²) in [5.41, 5.74) is 1.88. The van der Waals surface area contributed by atoms with Gasteiger partial charge in [-0.25, -0.2) is 9.97 Å². The second kappa shape index (κ2) is 7.81. The van der Waals surface area contributed by atoms with Crippen molar-refractivity contribution in [2.24, 2.45) is 0 Å². The van der Waals surface area contributed by atoms with Crippen LogP contribution >= 0.6 is 0 Å². The lowest BCUT2D eigenvalue weighted by atomic mass is 10.0. The quantitative estimate of drug-likeness (QED) is 0.482. The molecule has 0 fully saturated rings. The van der Waals surface area contributed by atoms with E-state index in [1.807, 2.05) is 22.9 Å². The number of hydrogen-bond acceptors (Lipinski definition) is 5. The number of aliphatic hydroxyl groups is 1. The van der Waals surface area contributed by atoms with Gasteiger partial charge in [-0.1, -0.05) is 36.4 Å². The van der Waals surface area contributed by atoms with Crippen LogP contribution in [-0.4, -0.2) is 45.6 Å². The highest BCUT2D eigenvalue weighted by molar-refractivity contribution is 5.99. The fraction of sp³-hybridized carbons (Fsp3) is 0.304. The highest BCUT2D eigenvalue weighted by Gasteiger charge is 2.21. The Hall–Kier alpha value is -2.96. The predicted octanol–water partition coefficient (Wildman–Crippen LogP) is 4.05. The summed E-state index contributed by atoms with van der Waals surface area (Å²) in [4.78, 5) is 8.86. The van der Waals surface area contributed by atoms with E-state index in [2.05, 4.69) is 40.3 Å². The summed E-state index contributed by atoms with van der Waals surface area (Å²) < 4.78 is 13.0. The average Bonchev–Trinajstić information content (AvgIpc) is 3.05. The molecular formula is C23H25N3O3. The van der Waals surface area contributed by atoms with Gasteiger partial charge in [0, 0.05) is 18.9 Å². The van der Waals surface area contributed by atoms with Gasteiger partial charge < -0.3 is 19.1 Å². The summed E-state index contributed by atoms with van der Waals surface area (Å²) in [6.45, 7) is 4.85. The molecule has 2 heterocycles. The van der Waals surface area contributed by atoms with Gasteiger partial charge in [0.25, 0.3) is 0 Å². The highest BCUT2D eigenvalue weighted by atomic mass is 16.5. The molecule has 6 nitrogen and oxygen atoms in total. The second-order valence-corrected chi connectivity index (χ2v) is 7.76. The van der Waals surface area contributed by atoms with E-state index in [1.165, 1.54) is 11.7 Å². The topological polar surface area (TPSA) is 69.4 Å². The Balaban J connectivity index is 1.90. The molecule has 6 heteroatoms. The summed E-state index contributed by atoms with van der Waals surface area (Å²) >= 11 is 0. The minimum Gasteiger partial charge on any atom is -0.475 e. The molecule has 0 saturated heterocycles. The van der Waals surface area contributed by atoms with Crippen LogP contribution in [0.2, 0.25) is 0 Å². The fourth-order valence-corrected chi connectivity index (χ4v) is 3.54. The zero-order chi connectivity index (χ0) is 20.4. The van der Waals surface area contributed by atoms with Crippen LogP contribution in [0.1, 0.15) is 13.8 Å². The molecule has 0 amide bonds. The summed E-state index contributed by atoms with van der Waals surface area (Å²) in [7, 11) is 1.64. The number of hydrogen-bond donors (Lipinski definition) is 1. The van der Waals surface area contributed by atoms with Crippen LogP contribution in [0, 0.1) is 0 Å². The molecule has 29 heavy (non-hydrogen) atoms. The van der Waals surface area contributed by atoms with Gasteiger partial charge >= 0.3 is 0 Å². The van der Waals surface area contributed by atoms with E-state index in [4.69, 9.17) is 9.47 Å². The molecule has 2 aromatic carbocycles. The van der Waals surface area contributed by atoms with Gasteiger partial charge in [-0.3, -0.25) is 0 Å². The predicted molar refractivity (Wildman–Crippen MR) is 114 cm³/mol. The van der Waals surface area contributed by atoms with Crippen molar-refractivity contribution in [2.45, 2.75) is 26.0 Å². The smallest absolute Gasteiger partial charge is 0.226 e. The van der Waals surface area contributed by atoms with Crippen molar-refractivity contribution in [3.05, 3.63) is 55.0 Å². The minimum atomic E-state index is -0.880. The van der Waals surface area contributed by atoms with Crippen molar-refractivity contribution < 1.29 is 14.6 Å². The first-order valence-corrected chi connectivity index (χ1v) is 9.63. The third-order valence-corrected chi connectivity index (χ3v) is 4.76. The number of nitrogens with zero attached hydrogens (tertiary/aromatic N) is 3. The zero-order valence-electron chi connectivity index (χ0n) is 16.9. The van der Waals surface area contributed by atoms with Gasteiger partial charge in [0.15, 0.2) is 0 Å². The zero-order valence-corrected chi connectivity index (χ0v) is 16.9. The maximum absolute atomic E-state index is 10.4. The van der Waals surface area contributed by atoms with Gasteiger partial charge in [0.1, 0.15) is 18.6 Å². The Kier molecular flexibility index (Phi) is 5.22. The Labute approximate surface area is 169 Å². The van der Waals surface area contributed by atoms with Crippen LogP contribution in [-0.2, 0) is 11.3 Å². The summed E-state index contributed by atoms with van der Waals surface area (Å²) in [6.07, 6.45) is 3.51. The Morgan fingerprint density at radius 2 is 1.83 bits per heavy atom. The Bertz CT molecular complexity index is 1150. The number of methoxy groups -OCH3 is 1. The minimum absolute atomic E-state index is 0.399. The maximum atomic E-state index is 10.4. The summed E-state index contributed by atoms with van der Waals surface area (Å²) in [6, 6.07) is 14.6. The molecule has 0 aliphatic rings. The molecule has 2 aromatic heterocycles. The van der Waals surface area contributed by atoms with E-state index >= 15 is 0 Å². The molecule has 0 aliphatic carbocycles. The standard InChI is InChI=1S/C23H25N3O3/c1-23(2,27)14-26-13-19(18-9-8-16-6-4-5-7-17(16)12-18)20-21(26)24-15-25-22(20)29-11-10-28-3/h4-9,12-13,15,27H,10-11,14H2,1-3H3. The van der Waals surface area contributed by atoms with Crippen LogP contribution in [0.5, 0.6) is 5.88 Å². The van der Waals surface area contributed by atoms with Crippen molar-refractivity contribution in [3.63, 3.8) is 0 Å². The number of aromatic nitrogens is 3. The first-order valence-electron chi connectivity index (χ1n) is 9.63. The third kappa shape index (κ3) is 4.09. The average molecular weight is 391 g/mol. The van der Waals surface area contributed by atoms with Gasteiger partial charge in [-0.2, -0.15) is 0 Å². The number of benzene rings is 2. The lowest BCUT2D eigenvalue weighted by Gasteiger charge is -2.18. The Morgan fingerprint density at radius 1 is 1.03 bits per heavy atom. The molecule has 0 bridgehead atoms. The molecule has 0 unspecified atom stereocenters. The molecule has 4 aromatic rings. The first kappa shape index (κ1) is 19.4. The van der Waals surface area contributed by atoms with Crippen LogP contribution in [0.25, 0.3) is 32.9 Å². The fourth-order valence-electron chi connectivity index (χ4n) is 3.54. The van der Waals surface area contributed by atoms with E-state index in [1.54, 1.807) is 21.0 Å². The van der Waals surface area contributed by atoms with Crippen molar-refractivity contribution in [3.8, 4) is 17.0 Å². The molecule has 0 aliphatic heterocycles. The van der Waals surface area contributed by atoms with E-state index in [0.717, 1.165) is 27.5 Å². The number of fused-ring (bicyclic) bond motifs is 2. The van der Waals surface area contributed by atoms with Gasteiger partial charge in [-0.15, -0.1) is 0 Å². The van der Waals surface area contributed by atoms with E-state index in [9.17, 15) is 5.11 Å². The SMILES string of the molecule is COCCOc1ncnc2c1c(-c1ccc3ccccc3c1)cn2CC(C)(C)O. The van der Waals surface area contributed by atoms with Crippen molar-refractivity contribution in [1.29, 1.82) is 0 Å². The molecule has 0 radical (unpaired) electrons. The van der Waals surface area contributed by atoms with E-state index in [-0.39, 0.29) is 0 Å². The van der Waals surface area contributed by atoms with Crippen LogP contribution in [0.15, 0.2) is 55.0 Å². The molecule has 4 rings (SSSR count). The lowest BCUT2D eigenvalue weighted by molar-refractivity contribution is 0.0627. The lowest BCUT2D eigenvalue weighted by Crippen LogP contribution is -2.25. The molecule has 1 N–H and O–H groups in total. The molecule has 150 valence electrons. The monoisotopic (exact) mass is 391 g/mol. The van der Waals surface area contributed by atoms with Gasteiger partial charge in [-0.05, 0) is 36.2 Å². The van der Waals surface area contributed by atoms with Crippen molar-refractivity contribution in [1.82, 2.24) is 14.5 Å². The van der Waals surface area contributed by atoms with Crippen LogP contribution in [0.4, 0.5) is 0 Å². The third-order valence-electron chi connectivity index (χ3n) is 4.76.